The van der Waals surface area contributed by atoms with Crippen LogP contribution in [0.3, 0.4) is 0 Å². The monoisotopic (exact) mass is 389 g/mol. The van der Waals surface area contributed by atoms with Crippen molar-refractivity contribution < 1.29 is 19.1 Å². The van der Waals surface area contributed by atoms with Gasteiger partial charge in [-0.15, -0.1) is 0 Å². The van der Waals surface area contributed by atoms with Crippen LogP contribution in [0, 0.1) is 0 Å². The maximum Gasteiger partial charge on any atom is 0.329 e. The molecule has 0 saturated carbocycles. The summed E-state index contributed by atoms with van der Waals surface area (Å²) in [6.45, 7) is 1.79. The lowest BCUT2D eigenvalue weighted by Crippen LogP contribution is -2.39. The van der Waals surface area contributed by atoms with Crippen molar-refractivity contribution in [3.63, 3.8) is 0 Å². The number of hydrazone groups is 1. The molecule has 0 radical (unpaired) electrons. The van der Waals surface area contributed by atoms with Crippen LogP contribution in [0.5, 0.6) is 11.5 Å². The van der Waals surface area contributed by atoms with Crippen LogP contribution in [0.1, 0.15) is 24.1 Å². The van der Waals surface area contributed by atoms with Crippen molar-refractivity contribution >= 4 is 29.6 Å². The number of rotatable bonds is 6. The molecule has 0 aliphatic rings. The molecule has 2 amide bonds. The van der Waals surface area contributed by atoms with Gasteiger partial charge in [0.25, 0.3) is 0 Å². The molecule has 0 aliphatic carbocycles. The van der Waals surface area contributed by atoms with Gasteiger partial charge in [-0.05, 0) is 30.2 Å². The van der Waals surface area contributed by atoms with Gasteiger partial charge in [-0.3, -0.25) is 9.59 Å². The number of benzene rings is 2. The Bertz CT molecular complexity index is 840. The Hall–Kier alpha value is -3.06. The van der Waals surface area contributed by atoms with Gasteiger partial charge in [0, 0.05) is 0 Å². The Kier molecular flexibility index (Phi) is 7.19. The molecule has 0 bridgehead atoms. The topological polar surface area (TPSA) is 89.0 Å². The van der Waals surface area contributed by atoms with Gasteiger partial charge >= 0.3 is 11.8 Å². The van der Waals surface area contributed by atoms with E-state index in [1.54, 1.807) is 19.1 Å². The molecule has 0 spiro atoms. The number of methoxy groups -OCH3 is 2. The fourth-order valence-corrected chi connectivity index (χ4v) is 2.61. The standard InChI is InChI=1S/C19H20ClN3O4/c1-12(14-7-5-4-6-8-14)22-18(24)19(25)23-21-11-13-9-15(20)17(27-3)16(10-13)26-2/h4-12H,1-3H3,(H,22,24)(H,23,25)/b21-11-/t12-/m0/s1. The second kappa shape index (κ2) is 9.59. The van der Waals surface area contributed by atoms with Crippen molar-refractivity contribution in [1.29, 1.82) is 0 Å². The first-order chi connectivity index (χ1) is 13.0. The number of hydrogen-bond acceptors (Lipinski definition) is 5. The van der Waals surface area contributed by atoms with Crippen molar-refractivity contribution in [2.45, 2.75) is 13.0 Å². The smallest absolute Gasteiger partial charge is 0.329 e. The average Bonchev–Trinajstić information content (AvgIpc) is 2.67. The van der Waals surface area contributed by atoms with Crippen LogP contribution in [0.15, 0.2) is 47.6 Å². The lowest BCUT2D eigenvalue weighted by molar-refractivity contribution is -0.139. The highest BCUT2D eigenvalue weighted by atomic mass is 35.5. The summed E-state index contributed by atoms with van der Waals surface area (Å²) in [5.41, 5.74) is 3.63. The molecular formula is C19H20ClN3O4. The van der Waals surface area contributed by atoms with Crippen LogP contribution in [0.2, 0.25) is 5.02 Å². The van der Waals surface area contributed by atoms with Crippen molar-refractivity contribution in [1.82, 2.24) is 10.7 Å². The molecule has 0 unspecified atom stereocenters. The fraction of sp³-hybridized carbons (Fsp3) is 0.211. The van der Waals surface area contributed by atoms with Gasteiger partial charge in [0.2, 0.25) is 0 Å². The molecule has 0 fully saturated rings. The molecule has 2 aromatic rings. The lowest BCUT2D eigenvalue weighted by atomic mass is 10.1. The first-order valence-corrected chi connectivity index (χ1v) is 8.44. The molecule has 142 valence electrons. The molecule has 1 atom stereocenters. The van der Waals surface area contributed by atoms with Crippen molar-refractivity contribution in [3.05, 3.63) is 58.6 Å². The maximum atomic E-state index is 12.0. The quantitative estimate of drug-likeness (QED) is 0.451. The molecule has 0 aliphatic heterocycles. The fourth-order valence-electron chi connectivity index (χ4n) is 2.32. The van der Waals surface area contributed by atoms with E-state index in [2.05, 4.69) is 15.8 Å². The van der Waals surface area contributed by atoms with Crippen LogP contribution in [0.25, 0.3) is 0 Å². The van der Waals surface area contributed by atoms with Gasteiger partial charge in [0.15, 0.2) is 11.5 Å². The zero-order valence-corrected chi connectivity index (χ0v) is 15.9. The Morgan fingerprint density at radius 3 is 2.44 bits per heavy atom. The number of nitrogens with zero attached hydrogens (tertiary/aromatic N) is 1. The van der Waals surface area contributed by atoms with Gasteiger partial charge < -0.3 is 14.8 Å². The van der Waals surface area contributed by atoms with Crippen LogP contribution < -0.4 is 20.2 Å². The van der Waals surface area contributed by atoms with Gasteiger partial charge in [-0.1, -0.05) is 41.9 Å². The number of ether oxygens (including phenoxy) is 2. The Morgan fingerprint density at radius 1 is 1.11 bits per heavy atom. The van der Waals surface area contributed by atoms with E-state index in [9.17, 15) is 9.59 Å². The first-order valence-electron chi connectivity index (χ1n) is 8.06. The van der Waals surface area contributed by atoms with Gasteiger partial charge in [0.1, 0.15) is 0 Å². The van der Waals surface area contributed by atoms with E-state index in [0.717, 1.165) is 5.56 Å². The number of carbonyl (C=O) groups excluding carboxylic acids is 2. The van der Waals surface area contributed by atoms with Crippen LogP contribution in [0.4, 0.5) is 0 Å². The number of amides is 2. The minimum absolute atomic E-state index is 0.307. The van der Waals surface area contributed by atoms with Crippen molar-refractivity contribution in [3.8, 4) is 11.5 Å². The predicted octanol–water partition coefficient (Wildman–Crippen LogP) is 2.68. The highest BCUT2D eigenvalue weighted by molar-refractivity contribution is 6.35. The van der Waals surface area contributed by atoms with Gasteiger partial charge in [-0.2, -0.15) is 5.10 Å². The average molecular weight is 390 g/mol. The predicted molar refractivity (Wildman–Crippen MR) is 103 cm³/mol. The Morgan fingerprint density at radius 2 is 1.81 bits per heavy atom. The molecule has 2 rings (SSSR count). The molecule has 2 N–H and O–H groups in total. The highest BCUT2D eigenvalue weighted by Gasteiger charge is 2.16. The second-order valence-corrected chi connectivity index (χ2v) is 5.95. The lowest BCUT2D eigenvalue weighted by Gasteiger charge is -2.13. The summed E-state index contributed by atoms with van der Waals surface area (Å²) < 4.78 is 10.3. The minimum Gasteiger partial charge on any atom is -0.493 e. The largest absolute Gasteiger partial charge is 0.493 e. The van der Waals surface area contributed by atoms with E-state index >= 15 is 0 Å². The maximum absolute atomic E-state index is 12.0. The number of halogens is 1. The SMILES string of the molecule is COc1cc(/C=N\NC(=O)C(=O)N[C@@H](C)c2ccccc2)cc(Cl)c1OC. The molecule has 7 nitrogen and oxygen atoms in total. The minimum atomic E-state index is -0.874. The summed E-state index contributed by atoms with van der Waals surface area (Å²) in [4.78, 5) is 23.8. The highest BCUT2D eigenvalue weighted by Crippen LogP contribution is 2.35. The van der Waals surface area contributed by atoms with Gasteiger partial charge in [0.05, 0.1) is 31.5 Å². The number of nitrogens with one attached hydrogen (secondary N) is 2. The zero-order valence-electron chi connectivity index (χ0n) is 15.2. The summed E-state index contributed by atoms with van der Waals surface area (Å²) in [6.07, 6.45) is 1.35. The van der Waals surface area contributed by atoms with Crippen LogP contribution in [-0.2, 0) is 9.59 Å². The summed E-state index contributed by atoms with van der Waals surface area (Å²) in [5.74, 6) is -0.837. The number of carbonyl (C=O) groups is 2. The molecule has 0 aromatic heterocycles. The summed E-state index contributed by atoms with van der Waals surface area (Å²) in [5, 5.41) is 6.71. The Balaban J connectivity index is 1.96. The van der Waals surface area contributed by atoms with E-state index in [-0.39, 0.29) is 6.04 Å². The normalized spacial score (nSPS) is 11.7. The molecule has 2 aromatic carbocycles. The van der Waals surface area contributed by atoms with E-state index in [1.807, 2.05) is 30.3 Å². The Labute approximate surface area is 162 Å². The zero-order chi connectivity index (χ0) is 19.8. The van der Waals surface area contributed by atoms with E-state index in [0.29, 0.717) is 22.1 Å². The van der Waals surface area contributed by atoms with Crippen LogP contribution in [-0.4, -0.2) is 32.2 Å². The third kappa shape index (κ3) is 5.46. The van der Waals surface area contributed by atoms with E-state index < -0.39 is 11.8 Å². The molecule has 0 heterocycles. The second-order valence-electron chi connectivity index (χ2n) is 5.54. The molecule has 27 heavy (non-hydrogen) atoms. The van der Waals surface area contributed by atoms with E-state index in [1.165, 1.54) is 20.4 Å². The molecular weight excluding hydrogens is 370 g/mol. The molecule has 8 heteroatoms. The van der Waals surface area contributed by atoms with E-state index in [4.69, 9.17) is 21.1 Å². The molecule has 0 saturated heterocycles. The van der Waals surface area contributed by atoms with Gasteiger partial charge in [-0.25, -0.2) is 5.43 Å². The summed E-state index contributed by atoms with van der Waals surface area (Å²) in [7, 11) is 2.96. The van der Waals surface area contributed by atoms with Crippen molar-refractivity contribution in [2.75, 3.05) is 14.2 Å². The third-order valence-electron chi connectivity index (χ3n) is 3.69. The summed E-state index contributed by atoms with van der Waals surface area (Å²) >= 11 is 6.10. The van der Waals surface area contributed by atoms with Crippen LogP contribution >= 0.6 is 11.6 Å². The first kappa shape index (κ1) is 20.3. The summed E-state index contributed by atoms with van der Waals surface area (Å²) in [6, 6.07) is 12.2. The number of hydrogen-bond donors (Lipinski definition) is 2. The third-order valence-corrected chi connectivity index (χ3v) is 3.97. The van der Waals surface area contributed by atoms with Crippen molar-refractivity contribution in [2.24, 2.45) is 5.10 Å².